The number of rotatable bonds is 3. The van der Waals surface area contributed by atoms with Crippen LogP contribution in [0.3, 0.4) is 0 Å². The van der Waals surface area contributed by atoms with E-state index in [4.69, 9.17) is 14.2 Å². The Morgan fingerprint density at radius 3 is 2.44 bits per heavy atom. The van der Waals surface area contributed by atoms with Crippen LogP contribution in [-0.4, -0.2) is 26.9 Å². The van der Waals surface area contributed by atoms with Crippen molar-refractivity contribution in [1.29, 1.82) is 0 Å². The summed E-state index contributed by atoms with van der Waals surface area (Å²) in [5.74, 6) is 3.21. The largest absolute Gasteiger partial charge is 0.497 e. The molecule has 3 nitrogen and oxygen atoms in total. The molecule has 3 rings (SSSR count). The van der Waals surface area contributed by atoms with Crippen molar-refractivity contribution in [2.75, 3.05) is 20.8 Å². The minimum atomic E-state index is -1.07. The summed E-state index contributed by atoms with van der Waals surface area (Å²) in [4.78, 5) is 0. The van der Waals surface area contributed by atoms with Crippen LogP contribution in [0.15, 0.2) is 30.3 Å². The van der Waals surface area contributed by atoms with Gasteiger partial charge in [0.1, 0.15) is 17.7 Å². The van der Waals surface area contributed by atoms with Crippen molar-refractivity contribution in [2.45, 2.75) is 24.9 Å². The quantitative estimate of drug-likeness (QED) is 0.742. The van der Waals surface area contributed by atoms with E-state index in [9.17, 15) is 13.2 Å². The first-order valence-corrected chi connectivity index (χ1v) is 8.52. The summed E-state index contributed by atoms with van der Waals surface area (Å²) in [6.45, 7) is 0.308. The number of hydrogen-bond donors (Lipinski definition) is 0. The van der Waals surface area contributed by atoms with Gasteiger partial charge >= 0.3 is 0 Å². The van der Waals surface area contributed by atoms with Crippen LogP contribution < -0.4 is 9.47 Å². The molecular weight excluding hydrogens is 357 g/mol. The molecule has 0 aromatic heterocycles. The number of ether oxygens (including phenoxy) is 3. The highest BCUT2D eigenvalue weighted by molar-refractivity contribution is 5.41. The van der Waals surface area contributed by atoms with Crippen molar-refractivity contribution in [1.82, 2.24) is 0 Å². The lowest BCUT2D eigenvalue weighted by Gasteiger charge is -2.27. The van der Waals surface area contributed by atoms with Gasteiger partial charge in [-0.2, -0.15) is 4.39 Å². The minimum Gasteiger partial charge on any atom is -0.497 e. The van der Waals surface area contributed by atoms with E-state index in [2.05, 4.69) is 11.8 Å². The first-order valence-electron chi connectivity index (χ1n) is 8.52. The predicted molar refractivity (Wildman–Crippen MR) is 94.5 cm³/mol. The van der Waals surface area contributed by atoms with Gasteiger partial charge in [-0.3, -0.25) is 0 Å². The third-order valence-corrected chi connectivity index (χ3v) is 4.56. The Bertz CT molecular complexity index is 878. The molecule has 1 aliphatic heterocycles. The monoisotopic (exact) mass is 376 g/mol. The highest BCUT2D eigenvalue weighted by atomic mass is 19.2. The van der Waals surface area contributed by atoms with Crippen LogP contribution in [0, 0.1) is 29.3 Å². The molecule has 0 spiro atoms. The maximum atomic E-state index is 14.2. The van der Waals surface area contributed by atoms with Gasteiger partial charge in [0.25, 0.3) is 0 Å². The van der Waals surface area contributed by atoms with Crippen LogP contribution in [0.2, 0.25) is 0 Å². The molecule has 0 bridgehead atoms. The van der Waals surface area contributed by atoms with Crippen molar-refractivity contribution < 1.29 is 27.4 Å². The Labute approximate surface area is 156 Å². The molecule has 2 aromatic rings. The van der Waals surface area contributed by atoms with Crippen LogP contribution in [0.4, 0.5) is 13.2 Å². The van der Waals surface area contributed by atoms with Crippen LogP contribution in [0.5, 0.6) is 11.5 Å². The number of benzene rings is 2. The highest BCUT2D eigenvalue weighted by Crippen LogP contribution is 2.31. The summed E-state index contributed by atoms with van der Waals surface area (Å²) >= 11 is 0. The zero-order chi connectivity index (χ0) is 19.4. The van der Waals surface area contributed by atoms with Gasteiger partial charge in [-0.25, -0.2) is 8.78 Å². The third-order valence-electron chi connectivity index (χ3n) is 4.56. The van der Waals surface area contributed by atoms with Gasteiger partial charge in [0.2, 0.25) is 5.82 Å². The predicted octanol–water partition coefficient (Wildman–Crippen LogP) is 4.44. The first kappa shape index (κ1) is 19.1. The standard InChI is InChI=1S/C21H19F3O3/c1-25-16-8-9-17(18(22)11-16)14-4-7-15(27-12-14)6-3-13-5-10-19(26-2)21(24)20(13)23/h5,8-11,14-15H,4,7,12H2,1-2H3. The third kappa shape index (κ3) is 4.20. The van der Waals surface area contributed by atoms with Crippen LogP contribution in [-0.2, 0) is 4.74 Å². The van der Waals surface area contributed by atoms with E-state index in [1.807, 2.05) is 0 Å². The normalized spacial score (nSPS) is 19.1. The van der Waals surface area contributed by atoms with E-state index in [1.54, 1.807) is 12.1 Å². The molecule has 2 unspecified atom stereocenters. The Hall–Kier alpha value is -2.65. The zero-order valence-electron chi connectivity index (χ0n) is 15.0. The van der Waals surface area contributed by atoms with Crippen LogP contribution >= 0.6 is 0 Å². The van der Waals surface area contributed by atoms with Crippen molar-refractivity contribution in [3.05, 3.63) is 58.9 Å². The minimum absolute atomic E-state index is 0.0553. The van der Waals surface area contributed by atoms with Gasteiger partial charge in [-0.15, -0.1) is 0 Å². The van der Waals surface area contributed by atoms with E-state index in [-0.39, 0.29) is 23.0 Å². The maximum Gasteiger partial charge on any atom is 0.201 e. The van der Waals surface area contributed by atoms with Crippen molar-refractivity contribution >= 4 is 0 Å². The molecule has 2 aromatic carbocycles. The molecule has 1 aliphatic rings. The smallest absolute Gasteiger partial charge is 0.201 e. The average Bonchev–Trinajstić information content (AvgIpc) is 2.69. The zero-order valence-corrected chi connectivity index (χ0v) is 15.0. The van der Waals surface area contributed by atoms with Gasteiger partial charge in [0, 0.05) is 12.0 Å². The van der Waals surface area contributed by atoms with Gasteiger partial charge < -0.3 is 14.2 Å². The van der Waals surface area contributed by atoms with Gasteiger partial charge in [-0.1, -0.05) is 17.9 Å². The van der Waals surface area contributed by atoms with Gasteiger partial charge in [-0.05, 0) is 36.6 Å². The Morgan fingerprint density at radius 2 is 1.81 bits per heavy atom. The Morgan fingerprint density at radius 1 is 1.00 bits per heavy atom. The summed E-state index contributed by atoms with van der Waals surface area (Å²) in [5, 5.41) is 0. The fourth-order valence-electron chi connectivity index (χ4n) is 3.02. The van der Waals surface area contributed by atoms with E-state index >= 15 is 0 Å². The Kier molecular flexibility index (Phi) is 5.92. The van der Waals surface area contributed by atoms with E-state index in [0.717, 1.165) is 0 Å². The topological polar surface area (TPSA) is 27.7 Å². The summed E-state index contributed by atoms with van der Waals surface area (Å²) in [6.07, 6.45) is 0.845. The fraction of sp³-hybridized carbons (Fsp3) is 0.333. The molecule has 1 saturated heterocycles. The van der Waals surface area contributed by atoms with E-state index in [0.29, 0.717) is 30.8 Å². The summed E-state index contributed by atoms with van der Waals surface area (Å²) in [6, 6.07) is 7.45. The second-order valence-electron chi connectivity index (χ2n) is 6.20. The lowest BCUT2D eigenvalue weighted by molar-refractivity contribution is 0.0375. The van der Waals surface area contributed by atoms with Crippen molar-refractivity contribution in [3.63, 3.8) is 0 Å². The molecule has 2 atom stereocenters. The Balaban J connectivity index is 1.66. The summed E-state index contributed by atoms with van der Waals surface area (Å²) in [5.41, 5.74) is 0.519. The van der Waals surface area contributed by atoms with E-state index < -0.39 is 17.7 Å². The molecule has 0 saturated carbocycles. The molecular formula is C21H19F3O3. The number of methoxy groups -OCH3 is 2. The lowest BCUT2D eigenvalue weighted by Crippen LogP contribution is -2.24. The molecule has 1 fully saturated rings. The molecule has 0 N–H and O–H groups in total. The average molecular weight is 376 g/mol. The lowest BCUT2D eigenvalue weighted by atomic mass is 9.91. The molecule has 6 heteroatoms. The van der Waals surface area contributed by atoms with Crippen LogP contribution in [0.25, 0.3) is 0 Å². The second-order valence-corrected chi connectivity index (χ2v) is 6.20. The summed E-state index contributed by atoms with van der Waals surface area (Å²) in [7, 11) is 2.75. The molecule has 1 heterocycles. The van der Waals surface area contributed by atoms with E-state index in [1.165, 1.54) is 32.4 Å². The first-order chi connectivity index (χ1) is 13.0. The molecule has 27 heavy (non-hydrogen) atoms. The molecule has 0 amide bonds. The number of halogens is 3. The second kappa shape index (κ2) is 8.36. The number of hydrogen-bond acceptors (Lipinski definition) is 3. The maximum absolute atomic E-state index is 14.2. The highest BCUT2D eigenvalue weighted by Gasteiger charge is 2.24. The van der Waals surface area contributed by atoms with Gasteiger partial charge in [0.05, 0.1) is 26.4 Å². The molecule has 142 valence electrons. The van der Waals surface area contributed by atoms with Crippen LogP contribution in [0.1, 0.15) is 29.9 Å². The fourth-order valence-corrected chi connectivity index (χ4v) is 3.02. The molecule has 0 aliphatic carbocycles. The van der Waals surface area contributed by atoms with Crippen molar-refractivity contribution in [3.8, 4) is 23.3 Å². The van der Waals surface area contributed by atoms with Gasteiger partial charge in [0.15, 0.2) is 11.6 Å². The molecule has 0 radical (unpaired) electrons. The van der Waals surface area contributed by atoms with Crippen molar-refractivity contribution in [2.24, 2.45) is 0 Å². The summed E-state index contributed by atoms with van der Waals surface area (Å²) < 4.78 is 57.3. The SMILES string of the molecule is COc1ccc(C2CCC(C#Cc3ccc(OC)c(F)c3F)OC2)c(F)c1.